The molecule has 0 spiro atoms. The highest BCUT2D eigenvalue weighted by atomic mass is 127. The van der Waals surface area contributed by atoms with Crippen molar-refractivity contribution < 1.29 is 28.0 Å². The van der Waals surface area contributed by atoms with Crippen molar-refractivity contribution in [1.29, 1.82) is 0 Å². The summed E-state index contributed by atoms with van der Waals surface area (Å²) in [6.07, 6.45) is 13.4. The SMILES string of the molecule is CCC1=CC2C=[N+](C3CCCCC3)SC2S1.[I-]. The maximum Gasteiger partial charge on any atom is 0.174 e. The lowest BCUT2D eigenvalue weighted by Gasteiger charge is -2.17. The Morgan fingerprint density at radius 2 is 2.06 bits per heavy atom. The Balaban J connectivity index is 0.00000108. The van der Waals surface area contributed by atoms with Crippen LogP contribution in [0.5, 0.6) is 0 Å². The highest BCUT2D eigenvalue weighted by Crippen LogP contribution is 2.47. The van der Waals surface area contributed by atoms with Gasteiger partial charge in [0.1, 0.15) is 4.58 Å². The molecule has 17 heavy (non-hydrogen) atoms. The molecule has 0 aromatic carbocycles. The van der Waals surface area contributed by atoms with Crippen LogP contribution in [0.15, 0.2) is 11.0 Å². The van der Waals surface area contributed by atoms with Gasteiger partial charge in [0.15, 0.2) is 24.2 Å². The average molecular weight is 381 g/mol. The van der Waals surface area contributed by atoms with Gasteiger partial charge in [0.25, 0.3) is 0 Å². The van der Waals surface area contributed by atoms with E-state index in [1.165, 1.54) is 38.5 Å². The molecule has 0 N–H and O–H groups in total. The summed E-state index contributed by atoms with van der Waals surface area (Å²) in [5.74, 6) is 0.715. The molecule has 2 aliphatic heterocycles. The molecular formula is C13H20INS2. The summed E-state index contributed by atoms with van der Waals surface area (Å²) in [4.78, 5) is 1.60. The van der Waals surface area contributed by atoms with Gasteiger partial charge in [-0.25, -0.2) is 0 Å². The van der Waals surface area contributed by atoms with Crippen LogP contribution in [0.3, 0.4) is 0 Å². The van der Waals surface area contributed by atoms with Gasteiger partial charge in [-0.1, -0.05) is 19.4 Å². The number of fused-ring (bicyclic) bond motifs is 1. The van der Waals surface area contributed by atoms with Crippen LogP contribution < -0.4 is 24.0 Å². The van der Waals surface area contributed by atoms with E-state index < -0.39 is 0 Å². The van der Waals surface area contributed by atoms with E-state index in [0.717, 1.165) is 10.6 Å². The predicted octanol–water partition coefficient (Wildman–Crippen LogP) is 1.05. The quantitative estimate of drug-likeness (QED) is 0.400. The first-order valence-corrected chi connectivity index (χ1v) is 8.26. The molecule has 0 aromatic rings. The van der Waals surface area contributed by atoms with E-state index in [1.54, 1.807) is 4.91 Å². The fraction of sp³-hybridized carbons (Fsp3) is 0.769. The first-order valence-electron chi connectivity index (χ1n) is 6.54. The summed E-state index contributed by atoms with van der Waals surface area (Å²) < 4.78 is 3.35. The molecular weight excluding hydrogens is 361 g/mol. The minimum atomic E-state index is 0. The lowest BCUT2D eigenvalue weighted by Crippen LogP contribution is -3.00. The highest BCUT2D eigenvalue weighted by Gasteiger charge is 2.42. The highest BCUT2D eigenvalue weighted by molar-refractivity contribution is 8.17. The Hall–Kier alpha value is 0.840. The second-order valence-electron chi connectivity index (χ2n) is 4.96. The van der Waals surface area contributed by atoms with Crippen molar-refractivity contribution in [3.05, 3.63) is 11.0 Å². The monoisotopic (exact) mass is 381 g/mol. The van der Waals surface area contributed by atoms with E-state index in [9.17, 15) is 0 Å². The van der Waals surface area contributed by atoms with Gasteiger partial charge in [0.2, 0.25) is 0 Å². The van der Waals surface area contributed by atoms with Gasteiger partial charge in [0, 0.05) is 12.8 Å². The van der Waals surface area contributed by atoms with Gasteiger partial charge in [-0.15, -0.1) is 11.8 Å². The summed E-state index contributed by atoms with van der Waals surface area (Å²) in [6.45, 7) is 2.27. The van der Waals surface area contributed by atoms with E-state index in [1.807, 2.05) is 0 Å². The summed E-state index contributed by atoms with van der Waals surface area (Å²) >= 11 is 4.20. The van der Waals surface area contributed by atoms with Crippen molar-refractivity contribution in [2.24, 2.45) is 5.92 Å². The summed E-state index contributed by atoms with van der Waals surface area (Å²) in [7, 11) is 0. The lowest BCUT2D eigenvalue weighted by atomic mass is 9.96. The second kappa shape index (κ2) is 6.33. The van der Waals surface area contributed by atoms with Gasteiger partial charge in [-0.05, 0) is 24.2 Å². The van der Waals surface area contributed by atoms with E-state index in [-0.39, 0.29) is 24.0 Å². The van der Waals surface area contributed by atoms with Crippen LogP contribution in [0.2, 0.25) is 0 Å². The maximum absolute atomic E-state index is 2.59. The van der Waals surface area contributed by atoms with Crippen LogP contribution in [0.1, 0.15) is 45.4 Å². The molecule has 1 nitrogen and oxygen atoms in total. The molecule has 3 rings (SSSR count). The molecule has 0 saturated heterocycles. The number of allylic oxidation sites excluding steroid dienone is 2. The number of hydrogen-bond donors (Lipinski definition) is 0. The van der Waals surface area contributed by atoms with Crippen molar-refractivity contribution in [3.8, 4) is 0 Å². The number of nitrogens with zero attached hydrogens (tertiary/aromatic N) is 1. The van der Waals surface area contributed by atoms with E-state index in [0.29, 0.717) is 5.92 Å². The van der Waals surface area contributed by atoms with Gasteiger partial charge in [0.05, 0.1) is 5.92 Å². The van der Waals surface area contributed by atoms with Crippen molar-refractivity contribution in [3.63, 3.8) is 0 Å². The molecule has 0 bridgehead atoms. The molecule has 2 heterocycles. The Bertz CT molecular complexity index is 334. The smallest absolute Gasteiger partial charge is 0.174 e. The van der Waals surface area contributed by atoms with Crippen LogP contribution in [-0.2, 0) is 0 Å². The first kappa shape index (κ1) is 14.3. The van der Waals surface area contributed by atoms with Crippen LogP contribution in [-0.4, -0.2) is 20.8 Å². The molecule has 1 aliphatic carbocycles. The number of halogens is 1. The minimum Gasteiger partial charge on any atom is -1.00 e. The first-order chi connectivity index (χ1) is 7.86. The van der Waals surface area contributed by atoms with Crippen LogP contribution in [0.4, 0.5) is 0 Å². The lowest BCUT2D eigenvalue weighted by molar-refractivity contribution is -0.398. The number of thioether (sulfide) groups is 1. The largest absolute Gasteiger partial charge is 1.00 e. The predicted molar refractivity (Wildman–Crippen MR) is 74.0 cm³/mol. The van der Waals surface area contributed by atoms with Gasteiger partial charge < -0.3 is 24.0 Å². The fourth-order valence-corrected chi connectivity index (χ4v) is 5.81. The molecule has 0 aromatic heterocycles. The zero-order valence-corrected chi connectivity index (χ0v) is 14.1. The number of rotatable bonds is 2. The third-order valence-corrected chi connectivity index (χ3v) is 6.79. The Morgan fingerprint density at radius 3 is 2.71 bits per heavy atom. The number of hydrogen-bond acceptors (Lipinski definition) is 2. The van der Waals surface area contributed by atoms with Gasteiger partial charge in [-0.2, -0.15) is 3.98 Å². The Kier molecular flexibility index (Phi) is 5.31. The molecule has 2 atom stereocenters. The molecule has 1 fully saturated rings. The third kappa shape index (κ3) is 3.06. The Labute approximate surface area is 130 Å². The van der Waals surface area contributed by atoms with Crippen LogP contribution in [0, 0.1) is 5.92 Å². The third-order valence-electron chi connectivity index (χ3n) is 3.79. The zero-order valence-electron chi connectivity index (χ0n) is 10.3. The van der Waals surface area contributed by atoms with Gasteiger partial charge in [-0.3, -0.25) is 0 Å². The molecule has 0 amide bonds. The zero-order chi connectivity index (χ0) is 11.0. The van der Waals surface area contributed by atoms with Crippen molar-refractivity contribution in [2.75, 3.05) is 0 Å². The minimum absolute atomic E-state index is 0. The molecule has 1 saturated carbocycles. The van der Waals surface area contributed by atoms with E-state index in [2.05, 4.69) is 46.9 Å². The average Bonchev–Trinajstić information content (AvgIpc) is 2.87. The molecule has 2 unspecified atom stereocenters. The fourth-order valence-electron chi connectivity index (χ4n) is 2.83. The van der Waals surface area contributed by atoms with Crippen molar-refractivity contribution >= 4 is 29.9 Å². The molecule has 3 aliphatic rings. The van der Waals surface area contributed by atoms with Gasteiger partial charge >= 0.3 is 0 Å². The summed E-state index contributed by atoms with van der Waals surface area (Å²) in [5, 5.41) is 0. The maximum atomic E-state index is 2.59. The van der Waals surface area contributed by atoms with E-state index >= 15 is 0 Å². The summed E-state index contributed by atoms with van der Waals surface area (Å²) in [5.41, 5.74) is 0. The van der Waals surface area contributed by atoms with Crippen LogP contribution in [0.25, 0.3) is 0 Å². The van der Waals surface area contributed by atoms with Crippen molar-refractivity contribution in [2.45, 2.75) is 56.1 Å². The van der Waals surface area contributed by atoms with Crippen molar-refractivity contribution in [1.82, 2.24) is 0 Å². The molecule has 0 radical (unpaired) electrons. The topological polar surface area (TPSA) is 3.01 Å². The standard InChI is InChI=1S/C13H20NS2.HI/c1-2-12-8-10-9-14(16-13(10)15-12)11-6-4-3-5-7-11;/h8-11,13H,2-7H2,1H3;1H/q+1;/p-1. The van der Waals surface area contributed by atoms with E-state index in [4.69, 9.17) is 0 Å². The second-order valence-corrected chi connectivity index (χ2v) is 7.66. The molecule has 4 heteroatoms. The molecule has 96 valence electrons. The Morgan fingerprint density at radius 1 is 1.29 bits per heavy atom. The normalized spacial score (nSPS) is 32.8. The van der Waals surface area contributed by atoms with Crippen LogP contribution >= 0.6 is 23.7 Å². The summed E-state index contributed by atoms with van der Waals surface area (Å²) in [6, 6.07) is 0.837.